The molecule has 0 aromatic heterocycles. The summed E-state index contributed by atoms with van der Waals surface area (Å²) in [6, 6.07) is 22.4. The topological polar surface area (TPSA) is 9.23 Å². The number of allylic oxidation sites excluding steroid dienone is 1. The fourth-order valence-corrected chi connectivity index (χ4v) is 10.4. The summed E-state index contributed by atoms with van der Waals surface area (Å²) in [6.45, 7) is 20.1. The Labute approximate surface area is 208 Å². The SMILES string of the molecule is Cc1cc([Si](C)(C)c2cccc3c2C=CC3)c(OCc2ccccc2)c([Si](C)(C)C(C)(C)C)c1. The first-order valence-electron chi connectivity index (χ1n) is 12.5. The Bertz CT molecular complexity index is 1210. The van der Waals surface area contributed by atoms with Crippen molar-refractivity contribution in [2.24, 2.45) is 0 Å². The van der Waals surface area contributed by atoms with Crippen LogP contribution in [0.3, 0.4) is 0 Å². The van der Waals surface area contributed by atoms with Crippen LogP contribution >= 0.6 is 0 Å². The van der Waals surface area contributed by atoms with Crippen LogP contribution in [0, 0.1) is 6.92 Å². The predicted octanol–water partition coefficient (Wildman–Crippen LogP) is 6.68. The molecule has 0 saturated heterocycles. The van der Waals surface area contributed by atoms with Crippen LogP contribution in [0.4, 0.5) is 0 Å². The van der Waals surface area contributed by atoms with Gasteiger partial charge in [0.2, 0.25) is 0 Å². The summed E-state index contributed by atoms with van der Waals surface area (Å²) >= 11 is 0. The van der Waals surface area contributed by atoms with Crippen molar-refractivity contribution in [3.8, 4) is 5.75 Å². The van der Waals surface area contributed by atoms with Gasteiger partial charge in [0.15, 0.2) is 0 Å². The lowest BCUT2D eigenvalue weighted by Crippen LogP contribution is -2.58. The lowest BCUT2D eigenvalue weighted by Gasteiger charge is -2.40. The Morgan fingerprint density at radius 2 is 1.50 bits per heavy atom. The van der Waals surface area contributed by atoms with E-state index in [1.54, 1.807) is 0 Å². The summed E-state index contributed by atoms with van der Waals surface area (Å²) < 4.78 is 6.87. The van der Waals surface area contributed by atoms with Crippen LogP contribution in [0.25, 0.3) is 6.08 Å². The second-order valence-corrected chi connectivity index (χ2v) is 21.6. The molecule has 0 saturated carbocycles. The molecular formula is C31H40OSi2. The quantitative estimate of drug-likeness (QED) is 0.355. The molecular weight excluding hydrogens is 445 g/mol. The van der Waals surface area contributed by atoms with Crippen molar-refractivity contribution in [2.75, 3.05) is 0 Å². The summed E-state index contributed by atoms with van der Waals surface area (Å²) in [5.74, 6) is 1.16. The van der Waals surface area contributed by atoms with Gasteiger partial charge in [-0.2, -0.15) is 0 Å². The third-order valence-corrected chi connectivity index (χ3v) is 17.1. The second kappa shape index (κ2) is 9.01. The zero-order valence-corrected chi connectivity index (χ0v) is 24.3. The number of ether oxygens (including phenoxy) is 1. The molecule has 0 spiro atoms. The molecule has 4 rings (SSSR count). The highest BCUT2D eigenvalue weighted by Gasteiger charge is 2.42. The number of hydrogen-bond donors (Lipinski definition) is 0. The highest BCUT2D eigenvalue weighted by Crippen LogP contribution is 2.38. The molecule has 3 aromatic rings. The molecule has 1 aliphatic carbocycles. The molecule has 0 fully saturated rings. The van der Waals surface area contributed by atoms with Crippen LogP contribution in [0.1, 0.15) is 43.0 Å². The summed E-state index contributed by atoms with van der Waals surface area (Å²) in [5, 5.41) is 4.66. The maximum Gasteiger partial charge on any atom is 0.118 e. The number of benzene rings is 3. The second-order valence-electron chi connectivity index (χ2n) is 11.9. The van der Waals surface area contributed by atoms with Crippen molar-refractivity contribution in [1.82, 2.24) is 0 Å². The van der Waals surface area contributed by atoms with Crippen LogP contribution in [-0.2, 0) is 13.0 Å². The van der Waals surface area contributed by atoms with Gasteiger partial charge in [0, 0.05) is 0 Å². The van der Waals surface area contributed by atoms with Gasteiger partial charge in [-0.15, -0.1) is 0 Å². The van der Waals surface area contributed by atoms with Gasteiger partial charge in [0.1, 0.15) is 20.4 Å². The lowest BCUT2D eigenvalue weighted by molar-refractivity contribution is 0.311. The minimum Gasteiger partial charge on any atom is -0.489 e. The minimum atomic E-state index is -2.05. The van der Waals surface area contributed by atoms with Gasteiger partial charge in [-0.05, 0) is 50.6 Å². The zero-order chi connectivity index (χ0) is 24.7. The normalized spacial score (nSPS) is 13.8. The van der Waals surface area contributed by atoms with Crippen molar-refractivity contribution >= 4 is 37.8 Å². The van der Waals surface area contributed by atoms with Crippen LogP contribution in [-0.4, -0.2) is 16.1 Å². The molecule has 0 unspecified atom stereocenters. The molecule has 3 heteroatoms. The first-order valence-corrected chi connectivity index (χ1v) is 18.5. The molecule has 0 radical (unpaired) electrons. The van der Waals surface area contributed by atoms with E-state index in [4.69, 9.17) is 4.74 Å². The molecule has 34 heavy (non-hydrogen) atoms. The lowest BCUT2D eigenvalue weighted by atomic mass is 10.1. The van der Waals surface area contributed by atoms with Crippen molar-refractivity contribution in [1.29, 1.82) is 0 Å². The maximum absolute atomic E-state index is 6.87. The van der Waals surface area contributed by atoms with Gasteiger partial charge in [0.05, 0.1) is 8.07 Å². The summed E-state index contributed by atoms with van der Waals surface area (Å²) in [4.78, 5) is 0. The van der Waals surface area contributed by atoms with E-state index in [1.165, 1.54) is 37.8 Å². The first-order chi connectivity index (χ1) is 15.9. The molecule has 0 heterocycles. The fourth-order valence-electron chi connectivity index (χ4n) is 4.97. The molecule has 0 atom stereocenters. The highest BCUT2D eigenvalue weighted by molar-refractivity contribution is 7.02. The number of rotatable bonds is 6. The predicted molar refractivity (Wildman–Crippen MR) is 155 cm³/mol. The largest absolute Gasteiger partial charge is 0.489 e. The van der Waals surface area contributed by atoms with E-state index >= 15 is 0 Å². The van der Waals surface area contributed by atoms with E-state index < -0.39 is 16.1 Å². The van der Waals surface area contributed by atoms with E-state index in [9.17, 15) is 0 Å². The van der Waals surface area contributed by atoms with Crippen LogP contribution in [0.15, 0.2) is 66.7 Å². The average molecular weight is 485 g/mol. The zero-order valence-electron chi connectivity index (χ0n) is 22.3. The molecule has 0 N–H and O–H groups in total. The molecule has 1 nitrogen and oxygen atoms in total. The highest BCUT2D eigenvalue weighted by atomic mass is 28.3. The van der Waals surface area contributed by atoms with Crippen molar-refractivity contribution in [3.63, 3.8) is 0 Å². The summed E-state index contributed by atoms with van der Waals surface area (Å²) in [6.07, 6.45) is 5.70. The Balaban J connectivity index is 1.93. The average Bonchev–Trinajstić information content (AvgIpc) is 3.26. The smallest absolute Gasteiger partial charge is 0.118 e. The summed E-state index contributed by atoms with van der Waals surface area (Å²) in [5.41, 5.74) is 5.48. The van der Waals surface area contributed by atoms with E-state index in [0.29, 0.717) is 6.61 Å². The van der Waals surface area contributed by atoms with Crippen molar-refractivity contribution in [3.05, 3.63) is 89.0 Å². The molecule has 178 valence electrons. The Morgan fingerprint density at radius 3 is 2.18 bits per heavy atom. The third kappa shape index (κ3) is 4.48. The van der Waals surface area contributed by atoms with Crippen molar-refractivity contribution < 1.29 is 4.74 Å². The Morgan fingerprint density at radius 1 is 0.824 bits per heavy atom. The third-order valence-electron chi connectivity index (χ3n) is 8.17. The molecule has 0 bridgehead atoms. The van der Waals surface area contributed by atoms with E-state index in [1.807, 2.05) is 0 Å². The Hall–Kier alpha value is -2.37. The number of hydrogen-bond acceptors (Lipinski definition) is 1. The van der Waals surface area contributed by atoms with E-state index in [-0.39, 0.29) is 5.04 Å². The van der Waals surface area contributed by atoms with Crippen LogP contribution in [0.2, 0.25) is 31.2 Å². The molecule has 0 amide bonds. The first kappa shape index (κ1) is 24.7. The van der Waals surface area contributed by atoms with Gasteiger partial charge in [-0.3, -0.25) is 0 Å². The van der Waals surface area contributed by atoms with Gasteiger partial charge in [-0.25, -0.2) is 0 Å². The molecule has 3 aromatic carbocycles. The maximum atomic E-state index is 6.87. The van der Waals surface area contributed by atoms with Gasteiger partial charge >= 0.3 is 0 Å². The Kier molecular flexibility index (Phi) is 6.56. The van der Waals surface area contributed by atoms with Gasteiger partial charge in [-0.1, -0.05) is 125 Å². The fraction of sp³-hybridized carbons (Fsp3) is 0.355. The monoisotopic (exact) mass is 484 g/mol. The minimum absolute atomic E-state index is 0.228. The standard InChI is InChI=1S/C31H40OSi2/c1-23-20-28(33(5,6)27-19-13-17-25-16-12-18-26(25)27)30(32-22-24-14-10-9-11-15-24)29(21-23)34(7,8)31(2,3)4/h9-15,17-21H,16,22H2,1-8H3. The van der Waals surface area contributed by atoms with Crippen LogP contribution in [0.5, 0.6) is 5.75 Å². The van der Waals surface area contributed by atoms with E-state index in [2.05, 4.69) is 127 Å². The molecule has 0 aliphatic heterocycles. The van der Waals surface area contributed by atoms with Crippen molar-refractivity contribution in [2.45, 2.75) is 71.9 Å². The van der Waals surface area contributed by atoms with Gasteiger partial charge in [0.25, 0.3) is 0 Å². The van der Waals surface area contributed by atoms with E-state index in [0.717, 1.165) is 12.2 Å². The van der Waals surface area contributed by atoms with Gasteiger partial charge < -0.3 is 4.74 Å². The number of aryl methyl sites for hydroxylation is 1. The summed E-state index contributed by atoms with van der Waals surface area (Å²) in [7, 11) is -3.89. The number of fused-ring (bicyclic) bond motifs is 1. The van der Waals surface area contributed by atoms with Crippen LogP contribution < -0.4 is 20.3 Å². The molecule has 1 aliphatic rings.